The van der Waals surface area contributed by atoms with Crippen LogP contribution in [-0.2, 0) is 19.6 Å². The van der Waals surface area contributed by atoms with Crippen LogP contribution in [0, 0.1) is 5.82 Å². The van der Waals surface area contributed by atoms with E-state index in [1.165, 1.54) is 6.92 Å². The lowest BCUT2D eigenvalue weighted by atomic mass is 10.1. The molecule has 2 aromatic heterocycles. The van der Waals surface area contributed by atoms with E-state index in [9.17, 15) is 22.4 Å². The number of nitrogens with zero attached hydrogens (tertiary/aromatic N) is 3. The van der Waals surface area contributed by atoms with Gasteiger partial charge in [0.25, 0.3) is 0 Å². The zero-order chi connectivity index (χ0) is 20.2. The zero-order valence-electron chi connectivity index (χ0n) is 14.8. The molecule has 0 N–H and O–H groups in total. The average Bonchev–Trinajstić information content (AvgIpc) is 3.13. The molecule has 0 bridgehead atoms. The van der Waals surface area contributed by atoms with Gasteiger partial charge in [0.2, 0.25) is 5.89 Å². The lowest BCUT2D eigenvalue weighted by molar-refractivity contribution is -0.139. The number of halogens is 4. The smallest absolute Gasteiger partial charge is 0.419 e. The van der Waals surface area contributed by atoms with Crippen LogP contribution in [0.25, 0.3) is 22.1 Å². The van der Waals surface area contributed by atoms with Crippen molar-refractivity contribution in [2.75, 3.05) is 0 Å². The van der Waals surface area contributed by atoms with E-state index in [-0.39, 0.29) is 29.2 Å². The van der Waals surface area contributed by atoms with Crippen molar-refractivity contribution in [2.24, 2.45) is 7.05 Å². The molecule has 0 spiro atoms. The van der Waals surface area contributed by atoms with Crippen molar-refractivity contribution >= 4 is 27.9 Å². The molecule has 0 aliphatic rings. The molecule has 0 amide bonds. The molecule has 0 atom stereocenters. The van der Waals surface area contributed by atoms with Crippen LogP contribution in [0.15, 0.2) is 34.7 Å². The van der Waals surface area contributed by atoms with Crippen molar-refractivity contribution < 1.29 is 26.8 Å². The summed E-state index contributed by atoms with van der Waals surface area (Å²) in [5.41, 5.74) is 0.351. The topological polar surface area (TPSA) is 60.9 Å². The molecule has 5 nitrogen and oxygen atoms in total. The van der Waals surface area contributed by atoms with Gasteiger partial charge in [-0.05, 0) is 31.2 Å². The second kappa shape index (κ2) is 6.15. The number of benzene rings is 2. The van der Waals surface area contributed by atoms with Crippen LogP contribution in [0.2, 0.25) is 0 Å². The minimum atomic E-state index is -4.82. The number of carbonyl (C=O) groups is 1. The molecule has 0 aliphatic carbocycles. The largest absolute Gasteiger partial charge is 0.440 e. The Kier molecular flexibility index (Phi) is 3.99. The third-order valence-electron chi connectivity index (χ3n) is 4.52. The molecule has 9 heteroatoms. The van der Waals surface area contributed by atoms with Crippen molar-refractivity contribution in [1.29, 1.82) is 0 Å². The van der Waals surface area contributed by atoms with Gasteiger partial charge in [0.15, 0.2) is 11.4 Å². The minimum absolute atomic E-state index is 0.00173. The third kappa shape index (κ3) is 3.02. The van der Waals surface area contributed by atoms with Gasteiger partial charge in [-0.2, -0.15) is 13.2 Å². The first-order valence-electron chi connectivity index (χ1n) is 8.26. The number of oxazole rings is 1. The fourth-order valence-corrected chi connectivity index (χ4v) is 3.05. The third-order valence-corrected chi connectivity index (χ3v) is 4.52. The van der Waals surface area contributed by atoms with E-state index in [0.717, 1.165) is 5.52 Å². The number of carbonyl (C=O) groups excluding carboxylic acids is 1. The molecule has 2 heterocycles. The van der Waals surface area contributed by atoms with Crippen molar-refractivity contribution in [2.45, 2.75) is 19.5 Å². The highest BCUT2D eigenvalue weighted by molar-refractivity contribution is 5.97. The zero-order valence-corrected chi connectivity index (χ0v) is 14.8. The van der Waals surface area contributed by atoms with Gasteiger partial charge in [0.1, 0.15) is 17.2 Å². The Hall–Kier alpha value is -3.23. The van der Waals surface area contributed by atoms with Crippen LogP contribution in [-0.4, -0.2) is 20.3 Å². The maximum absolute atomic E-state index is 13.7. The molecule has 0 unspecified atom stereocenters. The summed E-state index contributed by atoms with van der Waals surface area (Å²) in [5, 5.41) is 0. The first-order valence-corrected chi connectivity index (χ1v) is 8.26. The molecule has 0 aliphatic heterocycles. The van der Waals surface area contributed by atoms with Crippen molar-refractivity contribution in [3.8, 4) is 0 Å². The number of ketones is 1. The Morgan fingerprint density at radius 1 is 1.14 bits per heavy atom. The van der Waals surface area contributed by atoms with E-state index in [1.54, 1.807) is 29.8 Å². The number of aromatic nitrogens is 3. The highest BCUT2D eigenvalue weighted by atomic mass is 19.4. The van der Waals surface area contributed by atoms with Crippen molar-refractivity contribution in [3.05, 3.63) is 59.0 Å². The van der Waals surface area contributed by atoms with E-state index < -0.39 is 17.6 Å². The summed E-state index contributed by atoms with van der Waals surface area (Å²) in [7, 11) is 1.77. The van der Waals surface area contributed by atoms with Gasteiger partial charge < -0.3 is 8.98 Å². The van der Waals surface area contributed by atoms with Gasteiger partial charge in [-0.1, -0.05) is 0 Å². The van der Waals surface area contributed by atoms with Gasteiger partial charge in [0, 0.05) is 18.7 Å². The minimum Gasteiger partial charge on any atom is -0.440 e. The Labute approximate surface area is 155 Å². The van der Waals surface area contributed by atoms with Crippen molar-refractivity contribution in [1.82, 2.24) is 14.5 Å². The predicted molar refractivity (Wildman–Crippen MR) is 92.5 cm³/mol. The molecule has 0 fully saturated rings. The van der Waals surface area contributed by atoms with E-state index in [1.807, 2.05) is 0 Å². The summed E-state index contributed by atoms with van der Waals surface area (Å²) in [6, 6.07) is 6.43. The number of imidazole rings is 1. The van der Waals surface area contributed by atoms with Crippen LogP contribution in [0.1, 0.15) is 34.6 Å². The second-order valence-electron chi connectivity index (χ2n) is 6.43. The summed E-state index contributed by atoms with van der Waals surface area (Å²) in [6.45, 7) is 1.46. The van der Waals surface area contributed by atoms with Crippen LogP contribution in [0.3, 0.4) is 0 Å². The fraction of sp³-hybridized carbons (Fsp3) is 0.211. The highest BCUT2D eigenvalue weighted by Gasteiger charge is 2.35. The molecule has 4 rings (SSSR count). The van der Waals surface area contributed by atoms with Gasteiger partial charge in [0.05, 0.1) is 23.0 Å². The molecule has 28 heavy (non-hydrogen) atoms. The number of fused-ring (bicyclic) bond motifs is 2. The Morgan fingerprint density at radius 2 is 1.89 bits per heavy atom. The normalized spacial score (nSPS) is 12.2. The molecular weight excluding hydrogens is 378 g/mol. The molecule has 144 valence electrons. The first kappa shape index (κ1) is 18.1. The Balaban J connectivity index is 1.73. The summed E-state index contributed by atoms with van der Waals surface area (Å²) >= 11 is 0. The summed E-state index contributed by atoms with van der Waals surface area (Å²) in [4.78, 5) is 20.0. The number of alkyl halides is 3. The molecular formula is C19H13F4N3O2. The quantitative estimate of drug-likeness (QED) is 0.376. The maximum atomic E-state index is 13.7. The van der Waals surface area contributed by atoms with Crippen LogP contribution < -0.4 is 0 Å². The first-order chi connectivity index (χ1) is 13.1. The SMILES string of the molecule is CC(=O)c1ccc2c(c1)nc(Cc1nc3cc(F)c(C(F)(F)F)cc3o1)n2C. The molecule has 0 saturated carbocycles. The number of Topliss-reactive ketones (excluding diaryl/α,β-unsaturated/α-hetero) is 1. The average molecular weight is 391 g/mol. The van der Waals surface area contributed by atoms with Crippen molar-refractivity contribution in [3.63, 3.8) is 0 Å². The van der Waals surface area contributed by atoms with Crippen LogP contribution >= 0.6 is 0 Å². The summed E-state index contributed by atoms with van der Waals surface area (Å²) in [6.07, 6.45) is -4.73. The van der Waals surface area contributed by atoms with Gasteiger partial charge in [-0.25, -0.2) is 14.4 Å². The maximum Gasteiger partial charge on any atom is 0.419 e. The van der Waals surface area contributed by atoms with E-state index in [2.05, 4.69) is 9.97 Å². The standard InChI is InChI=1S/C19H13F4N3O2/c1-9(27)10-3-4-15-13(5-10)24-17(26(15)2)8-18-25-14-7-12(20)11(19(21,22)23)6-16(14)28-18/h3-7H,8H2,1-2H3. The highest BCUT2D eigenvalue weighted by Crippen LogP contribution is 2.34. The monoisotopic (exact) mass is 391 g/mol. The lowest BCUT2D eigenvalue weighted by Crippen LogP contribution is -2.07. The fourth-order valence-electron chi connectivity index (χ4n) is 3.05. The predicted octanol–water partition coefficient (Wildman–Crippen LogP) is 4.67. The second-order valence-corrected chi connectivity index (χ2v) is 6.43. The van der Waals surface area contributed by atoms with Gasteiger partial charge in [-0.15, -0.1) is 0 Å². The lowest BCUT2D eigenvalue weighted by Gasteiger charge is -2.06. The summed E-state index contributed by atoms with van der Waals surface area (Å²) in [5.74, 6) is -0.840. The number of rotatable bonds is 3. The van der Waals surface area contributed by atoms with E-state index in [0.29, 0.717) is 29.0 Å². The number of aryl methyl sites for hydroxylation is 1. The molecule has 2 aromatic carbocycles. The van der Waals surface area contributed by atoms with Gasteiger partial charge in [-0.3, -0.25) is 4.79 Å². The van der Waals surface area contributed by atoms with E-state index in [4.69, 9.17) is 4.42 Å². The Bertz CT molecular complexity index is 1240. The number of hydrogen-bond acceptors (Lipinski definition) is 4. The Morgan fingerprint density at radius 3 is 2.57 bits per heavy atom. The van der Waals surface area contributed by atoms with E-state index >= 15 is 0 Å². The van der Waals surface area contributed by atoms with Crippen LogP contribution in [0.5, 0.6) is 0 Å². The molecule has 0 radical (unpaired) electrons. The van der Waals surface area contributed by atoms with Crippen LogP contribution in [0.4, 0.5) is 17.6 Å². The van der Waals surface area contributed by atoms with Gasteiger partial charge >= 0.3 is 6.18 Å². The number of hydrogen-bond donors (Lipinski definition) is 0. The molecule has 0 saturated heterocycles. The summed E-state index contributed by atoms with van der Waals surface area (Å²) < 4.78 is 59.4. The molecule has 4 aromatic rings.